The molecule has 0 spiro atoms. The van der Waals surface area contributed by atoms with Crippen LogP contribution >= 0.6 is 0 Å². The number of methoxy groups -OCH3 is 1. The van der Waals surface area contributed by atoms with Crippen LogP contribution in [0.1, 0.15) is 17.3 Å². The van der Waals surface area contributed by atoms with Crippen LogP contribution in [0.2, 0.25) is 0 Å². The molecular formula is C11H10O3. The fourth-order valence-electron chi connectivity index (χ4n) is 0.887. The summed E-state index contributed by atoms with van der Waals surface area (Å²) in [7, 11) is 1.34. The van der Waals surface area contributed by atoms with Crippen molar-refractivity contribution >= 4 is 5.97 Å². The van der Waals surface area contributed by atoms with E-state index in [1.54, 1.807) is 31.2 Å². The molecule has 0 bridgehead atoms. The lowest BCUT2D eigenvalue weighted by atomic mass is 10.2. The zero-order valence-corrected chi connectivity index (χ0v) is 8.03. The van der Waals surface area contributed by atoms with Crippen molar-refractivity contribution in [1.29, 1.82) is 0 Å². The van der Waals surface area contributed by atoms with Gasteiger partial charge in [0, 0.05) is 6.92 Å². The number of ether oxygens (including phenoxy) is 2. The maximum Gasteiger partial charge on any atom is 0.337 e. The number of rotatable bonds is 2. The van der Waals surface area contributed by atoms with E-state index in [1.165, 1.54) is 7.11 Å². The van der Waals surface area contributed by atoms with Crippen molar-refractivity contribution in [3.8, 4) is 17.8 Å². The molecule has 0 fully saturated rings. The lowest BCUT2D eigenvalue weighted by Crippen LogP contribution is -2.00. The van der Waals surface area contributed by atoms with E-state index >= 15 is 0 Å². The highest BCUT2D eigenvalue weighted by Crippen LogP contribution is 2.12. The third-order valence-electron chi connectivity index (χ3n) is 1.55. The maximum atomic E-state index is 11.0. The minimum Gasteiger partial charge on any atom is -0.465 e. The molecule has 1 rings (SSSR count). The van der Waals surface area contributed by atoms with Crippen molar-refractivity contribution in [3.63, 3.8) is 0 Å². The van der Waals surface area contributed by atoms with E-state index in [0.717, 1.165) is 0 Å². The van der Waals surface area contributed by atoms with Crippen LogP contribution in [0.25, 0.3) is 0 Å². The van der Waals surface area contributed by atoms with Gasteiger partial charge in [0.2, 0.25) is 0 Å². The number of hydrogen-bond donors (Lipinski definition) is 0. The van der Waals surface area contributed by atoms with Gasteiger partial charge in [-0.25, -0.2) is 4.79 Å². The molecule has 0 saturated heterocycles. The average Bonchev–Trinajstić information content (AvgIpc) is 2.26. The van der Waals surface area contributed by atoms with Crippen LogP contribution < -0.4 is 4.74 Å². The number of carbonyl (C=O) groups excluding carboxylic acids is 1. The first kappa shape index (κ1) is 10.1. The zero-order chi connectivity index (χ0) is 10.4. The first-order valence-electron chi connectivity index (χ1n) is 4.05. The Morgan fingerprint density at radius 1 is 1.29 bits per heavy atom. The fraction of sp³-hybridized carbons (Fsp3) is 0.182. The Morgan fingerprint density at radius 3 is 2.43 bits per heavy atom. The molecule has 0 aliphatic heterocycles. The first-order valence-corrected chi connectivity index (χ1v) is 4.05. The summed E-state index contributed by atoms with van der Waals surface area (Å²) in [4.78, 5) is 11.0. The molecule has 0 aliphatic rings. The van der Waals surface area contributed by atoms with Gasteiger partial charge in [-0.05, 0) is 24.3 Å². The van der Waals surface area contributed by atoms with Gasteiger partial charge in [0.15, 0.2) is 0 Å². The van der Waals surface area contributed by atoms with E-state index in [4.69, 9.17) is 4.74 Å². The van der Waals surface area contributed by atoms with E-state index in [0.29, 0.717) is 11.3 Å². The van der Waals surface area contributed by atoms with Crippen LogP contribution in [0.15, 0.2) is 24.3 Å². The fourth-order valence-corrected chi connectivity index (χ4v) is 0.887. The molecule has 3 nitrogen and oxygen atoms in total. The lowest BCUT2D eigenvalue weighted by molar-refractivity contribution is 0.0600. The second-order valence-corrected chi connectivity index (χ2v) is 2.47. The van der Waals surface area contributed by atoms with Gasteiger partial charge in [-0.2, -0.15) is 0 Å². The van der Waals surface area contributed by atoms with Crippen molar-refractivity contribution in [1.82, 2.24) is 0 Å². The smallest absolute Gasteiger partial charge is 0.337 e. The third-order valence-corrected chi connectivity index (χ3v) is 1.55. The predicted octanol–water partition coefficient (Wildman–Crippen LogP) is 1.83. The molecular weight excluding hydrogens is 180 g/mol. The van der Waals surface area contributed by atoms with Crippen molar-refractivity contribution in [2.24, 2.45) is 0 Å². The van der Waals surface area contributed by atoms with Gasteiger partial charge in [-0.1, -0.05) is 5.92 Å². The molecule has 0 atom stereocenters. The highest BCUT2D eigenvalue weighted by Gasteiger charge is 2.03. The monoisotopic (exact) mass is 190 g/mol. The maximum absolute atomic E-state index is 11.0. The number of hydrogen-bond acceptors (Lipinski definition) is 3. The van der Waals surface area contributed by atoms with Gasteiger partial charge in [0.25, 0.3) is 0 Å². The number of benzene rings is 1. The molecule has 0 N–H and O–H groups in total. The van der Waals surface area contributed by atoms with E-state index in [-0.39, 0.29) is 5.97 Å². The van der Waals surface area contributed by atoms with Crippen molar-refractivity contribution < 1.29 is 14.3 Å². The van der Waals surface area contributed by atoms with E-state index < -0.39 is 0 Å². The summed E-state index contributed by atoms with van der Waals surface area (Å²) >= 11 is 0. The van der Waals surface area contributed by atoms with Crippen LogP contribution in [0.5, 0.6) is 5.75 Å². The summed E-state index contributed by atoms with van der Waals surface area (Å²) in [6.45, 7) is 1.68. The lowest BCUT2D eigenvalue weighted by Gasteiger charge is -1.99. The minimum atomic E-state index is -0.363. The summed E-state index contributed by atoms with van der Waals surface area (Å²) in [5.41, 5.74) is 0.490. The van der Waals surface area contributed by atoms with Crippen LogP contribution in [0.3, 0.4) is 0 Å². The second kappa shape index (κ2) is 4.93. The number of esters is 1. The molecule has 14 heavy (non-hydrogen) atoms. The van der Waals surface area contributed by atoms with Gasteiger partial charge in [0.05, 0.1) is 12.7 Å². The topological polar surface area (TPSA) is 35.5 Å². The molecule has 0 amide bonds. The molecule has 0 aromatic heterocycles. The molecule has 3 heteroatoms. The van der Waals surface area contributed by atoms with Gasteiger partial charge in [-0.3, -0.25) is 0 Å². The molecule has 0 radical (unpaired) electrons. The van der Waals surface area contributed by atoms with Crippen LogP contribution in [-0.4, -0.2) is 13.1 Å². The van der Waals surface area contributed by atoms with Gasteiger partial charge >= 0.3 is 5.97 Å². The quantitative estimate of drug-likeness (QED) is 0.527. The van der Waals surface area contributed by atoms with Gasteiger partial charge in [-0.15, -0.1) is 0 Å². The average molecular weight is 190 g/mol. The summed E-state index contributed by atoms with van der Waals surface area (Å²) in [5, 5.41) is 0. The molecule has 72 valence electrons. The Labute approximate surface area is 82.6 Å². The normalized spacial score (nSPS) is 8.43. The summed E-state index contributed by atoms with van der Waals surface area (Å²) < 4.78 is 9.56. The summed E-state index contributed by atoms with van der Waals surface area (Å²) in [5.74, 6) is 2.84. The molecule has 0 aliphatic carbocycles. The minimum absolute atomic E-state index is 0.363. The van der Waals surface area contributed by atoms with Crippen molar-refractivity contribution in [2.45, 2.75) is 6.92 Å². The second-order valence-electron chi connectivity index (χ2n) is 2.47. The van der Waals surface area contributed by atoms with Crippen LogP contribution in [0.4, 0.5) is 0 Å². The van der Waals surface area contributed by atoms with Gasteiger partial charge in [0.1, 0.15) is 11.9 Å². The van der Waals surface area contributed by atoms with E-state index in [1.807, 2.05) is 0 Å². The highest BCUT2D eigenvalue weighted by atomic mass is 16.5. The Kier molecular flexibility index (Phi) is 3.57. The molecule has 0 unspecified atom stereocenters. The van der Waals surface area contributed by atoms with Crippen molar-refractivity contribution in [3.05, 3.63) is 29.8 Å². The largest absolute Gasteiger partial charge is 0.465 e. The number of carbonyl (C=O) groups is 1. The Morgan fingerprint density at radius 2 is 1.93 bits per heavy atom. The Balaban J connectivity index is 2.76. The molecule has 0 heterocycles. The standard InChI is InChI=1S/C11H10O3/c1-3-8-14-10-6-4-9(5-7-10)11(12)13-2/h4-7H,1-2H3. The SMILES string of the molecule is CC#COc1ccc(C(=O)OC)cc1. The predicted molar refractivity (Wildman–Crippen MR) is 51.9 cm³/mol. The van der Waals surface area contributed by atoms with E-state index in [9.17, 15) is 4.79 Å². The van der Waals surface area contributed by atoms with Crippen LogP contribution in [-0.2, 0) is 4.74 Å². The van der Waals surface area contributed by atoms with Crippen LogP contribution in [0, 0.1) is 12.0 Å². The molecule has 1 aromatic carbocycles. The molecule has 0 saturated carbocycles. The van der Waals surface area contributed by atoms with E-state index in [2.05, 4.69) is 16.8 Å². The summed E-state index contributed by atoms with van der Waals surface area (Å²) in [6, 6.07) is 6.57. The first-order chi connectivity index (χ1) is 6.77. The van der Waals surface area contributed by atoms with Crippen molar-refractivity contribution in [2.75, 3.05) is 7.11 Å². The summed E-state index contributed by atoms with van der Waals surface area (Å²) in [6.07, 6.45) is 2.46. The van der Waals surface area contributed by atoms with Gasteiger partial charge < -0.3 is 9.47 Å². The highest BCUT2D eigenvalue weighted by molar-refractivity contribution is 5.89. The Bertz CT molecular complexity index is 368. The molecule has 1 aromatic rings. The Hall–Kier alpha value is -1.95. The zero-order valence-electron chi connectivity index (χ0n) is 8.03. The third kappa shape index (κ3) is 2.53.